The molecule has 1 aliphatic heterocycles. The van der Waals surface area contributed by atoms with Gasteiger partial charge in [0.15, 0.2) is 0 Å². The normalized spacial score (nSPS) is 19.6. The van der Waals surface area contributed by atoms with E-state index in [2.05, 4.69) is 4.90 Å². The van der Waals surface area contributed by atoms with Gasteiger partial charge in [0.25, 0.3) is 0 Å². The predicted octanol–water partition coefficient (Wildman–Crippen LogP) is 1.63. The number of nitrogens with two attached hydrogens (primary N) is 1. The highest BCUT2D eigenvalue weighted by Gasteiger charge is 2.26. The molecular formula is C13H20N2O2. The summed E-state index contributed by atoms with van der Waals surface area (Å²) in [7, 11) is 0. The molecular weight excluding hydrogens is 216 g/mol. The van der Waals surface area contributed by atoms with Crippen LogP contribution in [-0.2, 0) is 0 Å². The average molecular weight is 236 g/mol. The molecule has 1 heterocycles. The first kappa shape index (κ1) is 12.0. The van der Waals surface area contributed by atoms with Gasteiger partial charge in [0.1, 0.15) is 5.75 Å². The Labute approximate surface area is 102 Å². The van der Waals surface area contributed by atoms with E-state index in [4.69, 9.17) is 10.5 Å². The average Bonchev–Trinajstić information content (AvgIpc) is 2.80. The molecule has 1 aromatic carbocycles. The van der Waals surface area contributed by atoms with Crippen LogP contribution in [0.2, 0.25) is 0 Å². The van der Waals surface area contributed by atoms with Crippen molar-refractivity contribution >= 4 is 11.4 Å². The van der Waals surface area contributed by atoms with Crippen LogP contribution in [0.4, 0.5) is 11.4 Å². The molecule has 1 unspecified atom stereocenters. The van der Waals surface area contributed by atoms with Crippen LogP contribution in [0.15, 0.2) is 18.2 Å². The van der Waals surface area contributed by atoms with Gasteiger partial charge in [-0.15, -0.1) is 0 Å². The third kappa shape index (κ3) is 2.31. The summed E-state index contributed by atoms with van der Waals surface area (Å²) in [5.41, 5.74) is 7.77. The van der Waals surface area contributed by atoms with Crippen molar-refractivity contribution in [2.24, 2.45) is 0 Å². The molecule has 0 spiro atoms. The lowest BCUT2D eigenvalue weighted by molar-refractivity contribution is 0.266. The van der Waals surface area contributed by atoms with Crippen LogP contribution >= 0.6 is 0 Å². The Morgan fingerprint density at radius 2 is 2.35 bits per heavy atom. The molecule has 1 atom stereocenters. The Morgan fingerprint density at radius 3 is 3.06 bits per heavy atom. The second-order valence-electron chi connectivity index (χ2n) is 4.29. The Hall–Kier alpha value is -1.42. The number of rotatable bonds is 4. The number of nitrogen functional groups attached to an aromatic ring is 1. The molecule has 1 aliphatic rings. The lowest BCUT2D eigenvalue weighted by Gasteiger charge is -2.27. The number of ether oxygens (including phenoxy) is 1. The van der Waals surface area contributed by atoms with Gasteiger partial charge < -0.3 is 20.5 Å². The predicted molar refractivity (Wildman–Crippen MR) is 69.5 cm³/mol. The SMILES string of the molecule is CCOc1cccc(N2CCCC2CO)c1N. The number of hydrogen-bond acceptors (Lipinski definition) is 4. The summed E-state index contributed by atoms with van der Waals surface area (Å²) in [5, 5.41) is 9.35. The van der Waals surface area contributed by atoms with Crippen LogP contribution in [0.3, 0.4) is 0 Å². The molecule has 0 amide bonds. The summed E-state index contributed by atoms with van der Waals surface area (Å²) < 4.78 is 5.49. The van der Waals surface area contributed by atoms with E-state index in [0.29, 0.717) is 12.3 Å². The van der Waals surface area contributed by atoms with Gasteiger partial charge in [-0.1, -0.05) is 6.07 Å². The van der Waals surface area contributed by atoms with Gasteiger partial charge in [0.2, 0.25) is 0 Å². The number of para-hydroxylation sites is 1. The molecule has 0 aliphatic carbocycles. The Bertz CT molecular complexity index is 382. The maximum atomic E-state index is 9.35. The van der Waals surface area contributed by atoms with Crippen LogP contribution in [0, 0.1) is 0 Å². The molecule has 3 N–H and O–H groups in total. The second kappa shape index (κ2) is 5.27. The van der Waals surface area contributed by atoms with Crippen molar-refractivity contribution < 1.29 is 9.84 Å². The van der Waals surface area contributed by atoms with E-state index in [9.17, 15) is 5.11 Å². The third-order valence-electron chi connectivity index (χ3n) is 3.24. The highest BCUT2D eigenvalue weighted by atomic mass is 16.5. The third-order valence-corrected chi connectivity index (χ3v) is 3.24. The highest BCUT2D eigenvalue weighted by molar-refractivity contribution is 5.74. The van der Waals surface area contributed by atoms with Crippen LogP contribution in [0.5, 0.6) is 5.75 Å². The zero-order chi connectivity index (χ0) is 12.3. The van der Waals surface area contributed by atoms with E-state index in [-0.39, 0.29) is 12.6 Å². The summed E-state index contributed by atoms with van der Waals surface area (Å²) in [5.74, 6) is 0.730. The van der Waals surface area contributed by atoms with E-state index >= 15 is 0 Å². The molecule has 1 saturated heterocycles. The summed E-state index contributed by atoms with van der Waals surface area (Å²) in [6.45, 7) is 3.68. The summed E-state index contributed by atoms with van der Waals surface area (Å²) in [6.07, 6.45) is 2.12. The van der Waals surface area contributed by atoms with Crippen molar-refractivity contribution in [2.45, 2.75) is 25.8 Å². The van der Waals surface area contributed by atoms with E-state index in [0.717, 1.165) is 30.8 Å². The van der Waals surface area contributed by atoms with Crippen LogP contribution in [-0.4, -0.2) is 30.9 Å². The van der Waals surface area contributed by atoms with Gasteiger partial charge in [-0.25, -0.2) is 0 Å². The molecule has 0 radical (unpaired) electrons. The number of aliphatic hydroxyl groups excluding tert-OH is 1. The minimum atomic E-state index is 0.179. The first-order valence-electron chi connectivity index (χ1n) is 6.16. The first-order chi connectivity index (χ1) is 8.27. The number of hydrogen-bond donors (Lipinski definition) is 2. The van der Waals surface area contributed by atoms with Crippen LogP contribution in [0.1, 0.15) is 19.8 Å². The topological polar surface area (TPSA) is 58.7 Å². The van der Waals surface area contributed by atoms with E-state index in [1.165, 1.54) is 0 Å². The van der Waals surface area contributed by atoms with Gasteiger partial charge in [-0.3, -0.25) is 0 Å². The highest BCUT2D eigenvalue weighted by Crippen LogP contribution is 2.35. The number of anilines is 2. The maximum Gasteiger partial charge on any atom is 0.144 e. The molecule has 17 heavy (non-hydrogen) atoms. The van der Waals surface area contributed by atoms with E-state index in [1.807, 2.05) is 25.1 Å². The zero-order valence-electron chi connectivity index (χ0n) is 10.2. The zero-order valence-corrected chi connectivity index (χ0v) is 10.2. The quantitative estimate of drug-likeness (QED) is 0.780. The van der Waals surface area contributed by atoms with E-state index < -0.39 is 0 Å². The smallest absolute Gasteiger partial charge is 0.144 e. The summed E-state index contributed by atoms with van der Waals surface area (Å²) in [6, 6.07) is 6.01. The van der Waals surface area contributed by atoms with Gasteiger partial charge in [-0.05, 0) is 31.9 Å². The standard InChI is InChI=1S/C13H20N2O2/c1-2-17-12-7-3-6-11(13(12)14)15-8-4-5-10(15)9-16/h3,6-7,10,16H,2,4-5,8-9,14H2,1H3. The van der Waals surface area contributed by atoms with Gasteiger partial charge in [0, 0.05) is 6.54 Å². The maximum absolute atomic E-state index is 9.35. The van der Waals surface area contributed by atoms with E-state index in [1.54, 1.807) is 0 Å². The monoisotopic (exact) mass is 236 g/mol. The van der Waals surface area contributed by atoms with Gasteiger partial charge in [0.05, 0.1) is 30.6 Å². The van der Waals surface area contributed by atoms with Crippen molar-refractivity contribution in [3.63, 3.8) is 0 Å². The molecule has 2 rings (SSSR count). The Kier molecular flexibility index (Phi) is 3.74. The lowest BCUT2D eigenvalue weighted by atomic mass is 10.2. The number of aliphatic hydroxyl groups is 1. The molecule has 1 fully saturated rings. The van der Waals surface area contributed by atoms with Crippen molar-refractivity contribution in [2.75, 3.05) is 30.4 Å². The molecule has 0 aromatic heterocycles. The fourth-order valence-electron chi connectivity index (χ4n) is 2.41. The second-order valence-corrected chi connectivity index (χ2v) is 4.29. The largest absolute Gasteiger partial charge is 0.492 e. The Morgan fingerprint density at radius 1 is 1.53 bits per heavy atom. The molecule has 1 aromatic rings. The molecule has 0 bridgehead atoms. The summed E-state index contributed by atoms with van der Waals surface area (Å²) >= 11 is 0. The van der Waals surface area contributed by atoms with Crippen LogP contribution in [0.25, 0.3) is 0 Å². The fraction of sp³-hybridized carbons (Fsp3) is 0.538. The molecule has 4 heteroatoms. The van der Waals surface area contributed by atoms with Crippen LogP contribution < -0.4 is 15.4 Å². The number of benzene rings is 1. The van der Waals surface area contributed by atoms with Crippen molar-refractivity contribution in [3.8, 4) is 5.75 Å². The molecule has 94 valence electrons. The number of nitrogens with zero attached hydrogens (tertiary/aromatic N) is 1. The lowest BCUT2D eigenvalue weighted by Crippen LogP contribution is -2.32. The minimum absolute atomic E-state index is 0.179. The molecule has 0 saturated carbocycles. The van der Waals surface area contributed by atoms with Crippen molar-refractivity contribution in [3.05, 3.63) is 18.2 Å². The van der Waals surface area contributed by atoms with Crippen molar-refractivity contribution in [1.29, 1.82) is 0 Å². The van der Waals surface area contributed by atoms with Crippen molar-refractivity contribution in [1.82, 2.24) is 0 Å². The first-order valence-corrected chi connectivity index (χ1v) is 6.16. The molecule has 4 nitrogen and oxygen atoms in total. The van der Waals surface area contributed by atoms with Gasteiger partial charge in [-0.2, -0.15) is 0 Å². The fourth-order valence-corrected chi connectivity index (χ4v) is 2.41. The van der Waals surface area contributed by atoms with Gasteiger partial charge >= 0.3 is 0 Å². The Balaban J connectivity index is 2.28. The summed E-state index contributed by atoms with van der Waals surface area (Å²) in [4.78, 5) is 2.18. The minimum Gasteiger partial charge on any atom is -0.492 e.